The van der Waals surface area contributed by atoms with E-state index in [1.54, 1.807) is 24.0 Å². The highest BCUT2D eigenvalue weighted by atomic mass is 16.5. The zero-order valence-electron chi connectivity index (χ0n) is 10.8. The number of phenolic OH excluding ortho intramolecular Hbond substituents is 1. The molecule has 1 aromatic carbocycles. The van der Waals surface area contributed by atoms with E-state index in [2.05, 4.69) is 5.10 Å². The zero-order valence-corrected chi connectivity index (χ0v) is 10.8. The average Bonchev–Trinajstić information content (AvgIpc) is 2.70. The Labute approximate surface area is 106 Å². The van der Waals surface area contributed by atoms with Crippen molar-refractivity contribution < 1.29 is 9.84 Å². The molecule has 0 aliphatic rings. The van der Waals surface area contributed by atoms with Gasteiger partial charge in [0.25, 0.3) is 0 Å². The third-order valence-corrected chi connectivity index (χ3v) is 3.08. The number of aryl methyl sites for hydroxylation is 2. The second kappa shape index (κ2) is 4.60. The fourth-order valence-electron chi connectivity index (χ4n) is 2.01. The van der Waals surface area contributed by atoms with Crippen molar-refractivity contribution in [3.8, 4) is 22.6 Å². The van der Waals surface area contributed by atoms with Gasteiger partial charge in [-0.2, -0.15) is 5.10 Å². The predicted molar refractivity (Wildman–Crippen MR) is 70.7 cm³/mol. The van der Waals surface area contributed by atoms with Crippen LogP contribution in [0.25, 0.3) is 11.1 Å². The molecular formula is C13H17N3O2. The molecule has 0 aliphatic carbocycles. The molecule has 0 amide bonds. The number of anilines is 1. The first-order chi connectivity index (χ1) is 8.60. The molecule has 96 valence electrons. The third-order valence-electron chi connectivity index (χ3n) is 3.08. The lowest BCUT2D eigenvalue weighted by molar-refractivity contribution is 0.374. The molecule has 0 spiro atoms. The van der Waals surface area contributed by atoms with E-state index in [-0.39, 0.29) is 5.75 Å². The van der Waals surface area contributed by atoms with Crippen molar-refractivity contribution in [3.63, 3.8) is 0 Å². The Hall–Kier alpha value is -2.17. The number of nitrogens with two attached hydrogens (primary N) is 1. The number of aromatic hydroxyl groups is 1. The van der Waals surface area contributed by atoms with Crippen molar-refractivity contribution in [1.29, 1.82) is 0 Å². The molecule has 0 fully saturated rings. The zero-order chi connectivity index (χ0) is 13.3. The fraction of sp³-hybridized carbons (Fsp3) is 0.308. The lowest BCUT2D eigenvalue weighted by Gasteiger charge is -2.13. The minimum absolute atomic E-state index is 0.108. The molecule has 5 nitrogen and oxygen atoms in total. The molecule has 2 rings (SSSR count). The lowest BCUT2D eigenvalue weighted by atomic mass is 9.98. The van der Waals surface area contributed by atoms with Gasteiger partial charge in [-0.15, -0.1) is 0 Å². The Morgan fingerprint density at radius 1 is 1.44 bits per heavy atom. The van der Waals surface area contributed by atoms with Crippen LogP contribution in [0.4, 0.5) is 5.82 Å². The van der Waals surface area contributed by atoms with E-state index in [1.165, 1.54) is 7.11 Å². The molecule has 0 aliphatic heterocycles. The van der Waals surface area contributed by atoms with Gasteiger partial charge < -0.3 is 15.6 Å². The molecule has 18 heavy (non-hydrogen) atoms. The molecule has 0 saturated carbocycles. The number of hydrogen-bond acceptors (Lipinski definition) is 4. The van der Waals surface area contributed by atoms with E-state index in [0.717, 1.165) is 17.5 Å². The Kier molecular flexibility index (Phi) is 3.14. The number of nitrogens with zero attached hydrogens (tertiary/aromatic N) is 2. The SMILES string of the molecule is CCc1ccc(OC)c(O)c1-c1cnn(C)c1N. The van der Waals surface area contributed by atoms with Crippen LogP contribution in [0.2, 0.25) is 0 Å². The van der Waals surface area contributed by atoms with Gasteiger partial charge in [-0.05, 0) is 18.1 Å². The second-order valence-corrected chi connectivity index (χ2v) is 4.07. The first-order valence-electron chi connectivity index (χ1n) is 5.76. The van der Waals surface area contributed by atoms with Crippen LogP contribution in [0.3, 0.4) is 0 Å². The number of rotatable bonds is 3. The van der Waals surface area contributed by atoms with Crippen molar-refractivity contribution in [2.75, 3.05) is 12.8 Å². The summed E-state index contributed by atoms with van der Waals surface area (Å²) in [7, 11) is 3.29. The van der Waals surface area contributed by atoms with E-state index in [0.29, 0.717) is 17.1 Å². The largest absolute Gasteiger partial charge is 0.504 e. The summed E-state index contributed by atoms with van der Waals surface area (Å²) in [5.74, 6) is 1.07. The lowest BCUT2D eigenvalue weighted by Crippen LogP contribution is -1.99. The van der Waals surface area contributed by atoms with Crippen LogP contribution < -0.4 is 10.5 Å². The van der Waals surface area contributed by atoms with Crippen LogP contribution in [0, 0.1) is 0 Å². The highest BCUT2D eigenvalue weighted by Crippen LogP contribution is 2.41. The minimum atomic E-state index is 0.108. The number of aromatic nitrogens is 2. The van der Waals surface area contributed by atoms with Crippen LogP contribution >= 0.6 is 0 Å². The topological polar surface area (TPSA) is 73.3 Å². The van der Waals surface area contributed by atoms with Crippen molar-refractivity contribution in [2.45, 2.75) is 13.3 Å². The van der Waals surface area contributed by atoms with Crippen LogP contribution in [0.15, 0.2) is 18.3 Å². The predicted octanol–water partition coefficient (Wildman–Crippen LogP) is 1.95. The molecule has 0 atom stereocenters. The summed E-state index contributed by atoms with van der Waals surface area (Å²) >= 11 is 0. The first kappa shape index (κ1) is 12.3. The molecule has 1 heterocycles. The van der Waals surface area contributed by atoms with Crippen LogP contribution in [0.1, 0.15) is 12.5 Å². The fourth-order valence-corrected chi connectivity index (χ4v) is 2.01. The van der Waals surface area contributed by atoms with Gasteiger partial charge in [-0.3, -0.25) is 4.68 Å². The summed E-state index contributed by atoms with van der Waals surface area (Å²) < 4.78 is 6.71. The van der Waals surface area contributed by atoms with Crippen molar-refractivity contribution in [3.05, 3.63) is 23.9 Å². The van der Waals surface area contributed by atoms with Gasteiger partial charge in [0.15, 0.2) is 11.5 Å². The third kappa shape index (κ3) is 1.77. The van der Waals surface area contributed by atoms with Crippen LogP contribution in [-0.2, 0) is 13.5 Å². The summed E-state index contributed by atoms with van der Waals surface area (Å²) in [6, 6.07) is 3.69. The maximum atomic E-state index is 10.3. The summed E-state index contributed by atoms with van der Waals surface area (Å²) in [4.78, 5) is 0. The van der Waals surface area contributed by atoms with Gasteiger partial charge >= 0.3 is 0 Å². The Balaban J connectivity index is 2.72. The number of hydrogen-bond donors (Lipinski definition) is 2. The number of methoxy groups -OCH3 is 1. The van der Waals surface area contributed by atoms with Gasteiger partial charge in [0, 0.05) is 18.2 Å². The number of phenols is 1. The van der Waals surface area contributed by atoms with E-state index < -0.39 is 0 Å². The van der Waals surface area contributed by atoms with E-state index >= 15 is 0 Å². The van der Waals surface area contributed by atoms with E-state index in [4.69, 9.17) is 10.5 Å². The number of ether oxygens (including phenoxy) is 1. The standard InChI is InChI=1S/C13H17N3O2/c1-4-8-5-6-10(18-3)12(17)11(8)9-7-15-16(2)13(9)14/h5-7,17H,4,14H2,1-3H3. The molecule has 3 N–H and O–H groups in total. The molecule has 5 heteroatoms. The van der Waals surface area contributed by atoms with Gasteiger partial charge in [0.05, 0.1) is 13.3 Å². The van der Waals surface area contributed by atoms with E-state index in [1.807, 2.05) is 13.0 Å². The average molecular weight is 247 g/mol. The van der Waals surface area contributed by atoms with Gasteiger partial charge in [-0.1, -0.05) is 13.0 Å². The molecular weight excluding hydrogens is 230 g/mol. The highest BCUT2D eigenvalue weighted by molar-refractivity contribution is 5.82. The minimum Gasteiger partial charge on any atom is -0.504 e. The summed E-state index contributed by atoms with van der Waals surface area (Å²) in [5.41, 5.74) is 8.40. The molecule has 0 bridgehead atoms. The maximum absolute atomic E-state index is 10.3. The molecule has 0 unspecified atom stereocenters. The first-order valence-corrected chi connectivity index (χ1v) is 5.76. The number of benzene rings is 1. The summed E-state index contributed by atoms with van der Waals surface area (Å²) in [5, 5.41) is 14.4. The van der Waals surface area contributed by atoms with Gasteiger partial charge in [0.1, 0.15) is 5.82 Å². The van der Waals surface area contributed by atoms with Gasteiger partial charge in [0.2, 0.25) is 0 Å². The summed E-state index contributed by atoms with van der Waals surface area (Å²) in [6.07, 6.45) is 2.45. The van der Waals surface area contributed by atoms with Crippen LogP contribution in [0.5, 0.6) is 11.5 Å². The van der Waals surface area contributed by atoms with Crippen molar-refractivity contribution in [1.82, 2.24) is 9.78 Å². The monoisotopic (exact) mass is 247 g/mol. The molecule has 2 aromatic rings. The van der Waals surface area contributed by atoms with Crippen molar-refractivity contribution >= 4 is 5.82 Å². The Bertz CT molecular complexity index is 576. The normalized spacial score (nSPS) is 10.6. The quantitative estimate of drug-likeness (QED) is 0.869. The smallest absolute Gasteiger partial charge is 0.166 e. The van der Waals surface area contributed by atoms with Crippen LogP contribution in [-0.4, -0.2) is 22.0 Å². The number of nitrogen functional groups attached to an aromatic ring is 1. The Morgan fingerprint density at radius 2 is 2.17 bits per heavy atom. The highest BCUT2D eigenvalue weighted by Gasteiger charge is 2.18. The maximum Gasteiger partial charge on any atom is 0.166 e. The van der Waals surface area contributed by atoms with Crippen molar-refractivity contribution in [2.24, 2.45) is 7.05 Å². The second-order valence-electron chi connectivity index (χ2n) is 4.07. The summed E-state index contributed by atoms with van der Waals surface area (Å²) in [6.45, 7) is 2.03. The molecule has 0 saturated heterocycles. The van der Waals surface area contributed by atoms with Gasteiger partial charge in [-0.25, -0.2) is 0 Å². The van der Waals surface area contributed by atoms with E-state index in [9.17, 15) is 5.11 Å². The molecule has 0 radical (unpaired) electrons. The molecule has 1 aromatic heterocycles. The Morgan fingerprint density at radius 3 is 2.67 bits per heavy atom.